The number of nitrogens with one attached hydrogen (secondary N) is 1. The van der Waals surface area contributed by atoms with Crippen molar-refractivity contribution in [3.8, 4) is 0 Å². The van der Waals surface area contributed by atoms with Gasteiger partial charge in [-0.25, -0.2) is 9.69 Å². The molecule has 4 amide bonds. The summed E-state index contributed by atoms with van der Waals surface area (Å²) in [6.07, 6.45) is 3.96. The molecule has 1 unspecified atom stereocenters. The maximum absolute atomic E-state index is 13.0. The van der Waals surface area contributed by atoms with Gasteiger partial charge in [0.2, 0.25) is 5.91 Å². The smallest absolute Gasteiger partial charge is 0.323 e. The Labute approximate surface area is 154 Å². The molecule has 2 aliphatic heterocycles. The van der Waals surface area contributed by atoms with Crippen molar-refractivity contribution in [1.29, 1.82) is 0 Å². The normalized spacial score (nSPS) is 22.5. The number of hydrogen-bond acceptors (Lipinski definition) is 3. The highest BCUT2D eigenvalue weighted by atomic mass is 79.9. The van der Waals surface area contributed by atoms with Crippen LogP contribution in [0.15, 0.2) is 22.7 Å². The summed E-state index contributed by atoms with van der Waals surface area (Å²) in [5.41, 5.74) is 1.18. The molecule has 7 heteroatoms. The number of benzene rings is 1. The number of fused-ring (bicyclic) bond motifs is 1. The molecule has 1 N–H and O–H groups in total. The standard InChI is InChI=1S/C18H20BrN3O3/c1-11(22-16(24)18(20-17(22)25)7-2-3-8-18)15(23)21-9-6-12-4-5-13(19)10-14(12)21/h4-5,10-11H,2-3,6-9H2,1H3,(H,20,25). The molecule has 3 aliphatic rings. The Hall–Kier alpha value is -1.89. The first kappa shape index (κ1) is 16.6. The molecule has 1 atom stereocenters. The van der Waals surface area contributed by atoms with Gasteiger partial charge in [-0.15, -0.1) is 0 Å². The first-order valence-corrected chi connectivity index (χ1v) is 9.48. The van der Waals surface area contributed by atoms with Gasteiger partial charge < -0.3 is 10.2 Å². The van der Waals surface area contributed by atoms with Crippen LogP contribution in [-0.2, 0) is 16.0 Å². The van der Waals surface area contributed by atoms with E-state index in [1.807, 2.05) is 18.2 Å². The fraction of sp³-hybridized carbons (Fsp3) is 0.500. The van der Waals surface area contributed by atoms with Gasteiger partial charge in [0.1, 0.15) is 11.6 Å². The summed E-state index contributed by atoms with van der Waals surface area (Å²) in [5, 5.41) is 2.84. The van der Waals surface area contributed by atoms with Crippen molar-refractivity contribution in [1.82, 2.24) is 10.2 Å². The van der Waals surface area contributed by atoms with Crippen LogP contribution in [0.4, 0.5) is 10.5 Å². The molecule has 0 bridgehead atoms. The summed E-state index contributed by atoms with van der Waals surface area (Å²) in [6, 6.07) is 4.62. The monoisotopic (exact) mass is 405 g/mol. The molecule has 1 aromatic carbocycles. The highest BCUT2D eigenvalue weighted by Crippen LogP contribution is 2.37. The van der Waals surface area contributed by atoms with Gasteiger partial charge in [0.05, 0.1) is 0 Å². The third kappa shape index (κ3) is 2.47. The molecule has 1 aromatic rings. The summed E-state index contributed by atoms with van der Waals surface area (Å²) in [6.45, 7) is 2.22. The average molecular weight is 406 g/mol. The number of hydrogen-bond donors (Lipinski definition) is 1. The third-order valence-corrected chi connectivity index (χ3v) is 6.10. The Balaban J connectivity index is 1.59. The third-order valence-electron chi connectivity index (χ3n) is 5.60. The Morgan fingerprint density at radius 2 is 2.00 bits per heavy atom. The van der Waals surface area contributed by atoms with Crippen LogP contribution in [0.2, 0.25) is 0 Å². The van der Waals surface area contributed by atoms with E-state index in [9.17, 15) is 14.4 Å². The number of nitrogens with zero attached hydrogens (tertiary/aromatic N) is 2. The summed E-state index contributed by atoms with van der Waals surface area (Å²) in [7, 11) is 0. The van der Waals surface area contributed by atoms with Crippen LogP contribution < -0.4 is 10.2 Å². The lowest BCUT2D eigenvalue weighted by Crippen LogP contribution is -2.51. The van der Waals surface area contributed by atoms with Crippen molar-refractivity contribution >= 4 is 39.5 Å². The molecule has 0 radical (unpaired) electrons. The molecule has 1 saturated carbocycles. The van der Waals surface area contributed by atoms with Gasteiger partial charge in [0.15, 0.2) is 0 Å². The zero-order valence-electron chi connectivity index (χ0n) is 14.0. The van der Waals surface area contributed by atoms with Crippen LogP contribution in [0.5, 0.6) is 0 Å². The van der Waals surface area contributed by atoms with E-state index in [2.05, 4.69) is 21.2 Å². The van der Waals surface area contributed by atoms with Crippen LogP contribution in [0.25, 0.3) is 0 Å². The second-order valence-corrected chi connectivity index (χ2v) is 8.00. The van der Waals surface area contributed by atoms with E-state index in [4.69, 9.17) is 0 Å². The van der Waals surface area contributed by atoms with E-state index in [0.29, 0.717) is 19.4 Å². The number of carbonyl (C=O) groups excluding carboxylic acids is 3. The molecule has 1 saturated heterocycles. The molecule has 6 nitrogen and oxygen atoms in total. The second kappa shape index (κ2) is 5.83. The summed E-state index contributed by atoms with van der Waals surface area (Å²) in [5.74, 6) is -0.458. The van der Waals surface area contributed by atoms with Crippen molar-refractivity contribution in [3.05, 3.63) is 28.2 Å². The van der Waals surface area contributed by atoms with E-state index in [1.54, 1.807) is 11.8 Å². The van der Waals surface area contributed by atoms with Gasteiger partial charge in [-0.05, 0) is 43.9 Å². The highest BCUT2D eigenvalue weighted by Gasteiger charge is 2.55. The zero-order valence-corrected chi connectivity index (χ0v) is 15.6. The average Bonchev–Trinajstić information content (AvgIpc) is 3.26. The molecular weight excluding hydrogens is 386 g/mol. The van der Waals surface area contributed by atoms with Gasteiger partial charge in [-0.3, -0.25) is 9.59 Å². The zero-order chi connectivity index (χ0) is 17.8. The largest absolute Gasteiger partial charge is 0.325 e. The predicted molar refractivity (Wildman–Crippen MR) is 96.2 cm³/mol. The number of anilines is 1. The van der Waals surface area contributed by atoms with Crippen LogP contribution in [0.3, 0.4) is 0 Å². The van der Waals surface area contributed by atoms with E-state index in [-0.39, 0.29) is 11.8 Å². The number of carbonyl (C=O) groups is 3. The minimum atomic E-state index is -0.808. The van der Waals surface area contributed by atoms with Gasteiger partial charge in [-0.2, -0.15) is 0 Å². The van der Waals surface area contributed by atoms with Gasteiger partial charge >= 0.3 is 6.03 Å². The van der Waals surface area contributed by atoms with Crippen molar-refractivity contribution in [2.75, 3.05) is 11.4 Å². The molecule has 132 valence electrons. The van der Waals surface area contributed by atoms with Gasteiger partial charge in [0, 0.05) is 16.7 Å². The van der Waals surface area contributed by atoms with E-state index in [0.717, 1.165) is 39.9 Å². The lowest BCUT2D eigenvalue weighted by Gasteiger charge is -2.27. The van der Waals surface area contributed by atoms with Gasteiger partial charge in [0.25, 0.3) is 5.91 Å². The highest BCUT2D eigenvalue weighted by molar-refractivity contribution is 9.10. The minimum Gasteiger partial charge on any atom is -0.323 e. The van der Waals surface area contributed by atoms with E-state index >= 15 is 0 Å². The van der Waals surface area contributed by atoms with Crippen molar-refractivity contribution in [2.24, 2.45) is 0 Å². The number of halogens is 1. The molecule has 1 aliphatic carbocycles. The summed E-state index contributed by atoms with van der Waals surface area (Å²) >= 11 is 3.44. The number of imide groups is 1. The molecule has 2 fully saturated rings. The molecule has 25 heavy (non-hydrogen) atoms. The van der Waals surface area contributed by atoms with Crippen molar-refractivity contribution in [3.63, 3.8) is 0 Å². The van der Waals surface area contributed by atoms with E-state index < -0.39 is 17.6 Å². The Morgan fingerprint density at radius 3 is 2.72 bits per heavy atom. The van der Waals surface area contributed by atoms with E-state index in [1.165, 1.54) is 0 Å². The summed E-state index contributed by atoms with van der Waals surface area (Å²) < 4.78 is 0.901. The van der Waals surface area contributed by atoms with Gasteiger partial charge in [-0.1, -0.05) is 34.8 Å². The lowest BCUT2D eigenvalue weighted by atomic mass is 9.97. The molecule has 1 spiro atoms. The number of amides is 4. The Morgan fingerprint density at radius 1 is 1.28 bits per heavy atom. The maximum Gasteiger partial charge on any atom is 0.325 e. The molecule has 0 aromatic heterocycles. The topological polar surface area (TPSA) is 69.7 Å². The SMILES string of the molecule is CC(C(=O)N1CCc2ccc(Br)cc21)N1C(=O)NC2(CCCC2)C1=O. The first-order valence-electron chi connectivity index (χ1n) is 8.68. The fourth-order valence-electron chi connectivity index (χ4n) is 4.23. The molecule has 2 heterocycles. The molecule has 4 rings (SSSR count). The Bertz CT molecular complexity index is 773. The molecular formula is C18H20BrN3O3. The second-order valence-electron chi connectivity index (χ2n) is 7.08. The van der Waals surface area contributed by atoms with Crippen LogP contribution >= 0.6 is 15.9 Å². The number of urea groups is 1. The van der Waals surface area contributed by atoms with Crippen LogP contribution in [-0.4, -0.2) is 40.9 Å². The lowest BCUT2D eigenvalue weighted by molar-refractivity contribution is -0.136. The summed E-state index contributed by atoms with van der Waals surface area (Å²) in [4.78, 5) is 41.1. The Kier molecular flexibility index (Phi) is 3.86. The quantitative estimate of drug-likeness (QED) is 0.768. The maximum atomic E-state index is 13.0. The first-order chi connectivity index (χ1) is 11.9. The van der Waals surface area contributed by atoms with Crippen LogP contribution in [0.1, 0.15) is 38.2 Å². The van der Waals surface area contributed by atoms with Crippen molar-refractivity contribution in [2.45, 2.75) is 50.6 Å². The number of rotatable bonds is 2. The van der Waals surface area contributed by atoms with Crippen LogP contribution in [0, 0.1) is 0 Å². The predicted octanol–water partition coefficient (Wildman–Crippen LogP) is 2.59. The minimum absolute atomic E-state index is 0.213. The fourth-order valence-corrected chi connectivity index (χ4v) is 4.58. The van der Waals surface area contributed by atoms with Crippen molar-refractivity contribution < 1.29 is 14.4 Å².